The summed E-state index contributed by atoms with van der Waals surface area (Å²) in [5.74, 6) is 5.90. The van der Waals surface area contributed by atoms with Crippen molar-refractivity contribution in [3.05, 3.63) is 11.8 Å². The molecular weight excluding hydrogens is 354 g/mol. The van der Waals surface area contributed by atoms with Gasteiger partial charge in [0.2, 0.25) is 5.91 Å². The van der Waals surface area contributed by atoms with E-state index in [2.05, 4.69) is 52.9 Å². The van der Waals surface area contributed by atoms with Crippen molar-refractivity contribution in [3.8, 4) is 0 Å². The van der Waals surface area contributed by atoms with Crippen LogP contribution in [0.25, 0.3) is 0 Å². The summed E-state index contributed by atoms with van der Waals surface area (Å²) in [5, 5.41) is 3.27. The SMILES string of the molecule is CC(C)CCCC(C)C1CCC2C3C(CC[C@]12C)C1(C)CCC(=O)NC1=C[C@@H]3C. The van der Waals surface area contributed by atoms with E-state index >= 15 is 0 Å². The molecule has 1 amide bonds. The maximum absolute atomic E-state index is 12.1. The zero-order valence-corrected chi connectivity index (χ0v) is 19.9. The topological polar surface area (TPSA) is 29.1 Å². The van der Waals surface area contributed by atoms with Crippen LogP contribution < -0.4 is 5.32 Å². The molecular formula is C27H45NO. The largest absolute Gasteiger partial charge is 0.330 e. The van der Waals surface area contributed by atoms with Crippen LogP contribution in [0.4, 0.5) is 0 Å². The van der Waals surface area contributed by atoms with Crippen LogP contribution in [-0.4, -0.2) is 5.91 Å². The first-order valence-electron chi connectivity index (χ1n) is 12.7. The fraction of sp³-hybridized carbons (Fsp3) is 0.889. The first-order chi connectivity index (χ1) is 13.7. The minimum atomic E-state index is 0.202. The second kappa shape index (κ2) is 7.72. The lowest BCUT2D eigenvalue weighted by atomic mass is 9.46. The third-order valence-corrected chi connectivity index (χ3v) is 10.1. The molecule has 29 heavy (non-hydrogen) atoms. The first kappa shape index (κ1) is 21.4. The molecule has 1 N–H and O–H groups in total. The Kier molecular flexibility index (Phi) is 5.71. The van der Waals surface area contributed by atoms with Gasteiger partial charge in [-0.2, -0.15) is 0 Å². The number of piperidine rings is 1. The van der Waals surface area contributed by atoms with Gasteiger partial charge in [0.25, 0.3) is 0 Å². The van der Waals surface area contributed by atoms with E-state index in [9.17, 15) is 4.79 Å². The molecule has 4 aliphatic rings. The number of hydrogen-bond donors (Lipinski definition) is 1. The van der Waals surface area contributed by atoms with Gasteiger partial charge in [-0.25, -0.2) is 0 Å². The van der Waals surface area contributed by atoms with E-state index in [0.717, 1.165) is 41.9 Å². The minimum Gasteiger partial charge on any atom is -0.330 e. The molecule has 3 aliphatic carbocycles. The highest BCUT2D eigenvalue weighted by atomic mass is 16.1. The predicted molar refractivity (Wildman–Crippen MR) is 121 cm³/mol. The molecule has 0 spiro atoms. The van der Waals surface area contributed by atoms with Crippen LogP contribution in [0.2, 0.25) is 0 Å². The summed E-state index contributed by atoms with van der Waals surface area (Å²) in [6, 6.07) is 0. The summed E-state index contributed by atoms with van der Waals surface area (Å²) >= 11 is 0. The van der Waals surface area contributed by atoms with E-state index in [1.165, 1.54) is 50.6 Å². The molecule has 1 saturated heterocycles. The lowest BCUT2D eigenvalue weighted by Gasteiger charge is -2.59. The second-order valence-corrected chi connectivity index (χ2v) is 12.2. The van der Waals surface area contributed by atoms with Gasteiger partial charge in [-0.15, -0.1) is 0 Å². The van der Waals surface area contributed by atoms with Gasteiger partial charge < -0.3 is 5.32 Å². The Hall–Kier alpha value is -0.790. The Morgan fingerprint density at radius 3 is 2.55 bits per heavy atom. The minimum absolute atomic E-state index is 0.202. The standard InChI is InChI=1S/C27H45NO/c1-17(2)8-7-9-18(3)20-10-11-21-25-19(4)16-23-27(6,15-13-24(29)28-23)22(25)12-14-26(20,21)5/h16-22,25H,7-15H2,1-6H3,(H,28,29)/t18?,19-,20?,21?,22?,25?,26+,27?/m0/s1. The van der Waals surface area contributed by atoms with Crippen molar-refractivity contribution < 1.29 is 4.79 Å². The summed E-state index contributed by atoms with van der Waals surface area (Å²) in [6.45, 7) is 14.9. The lowest BCUT2D eigenvalue weighted by molar-refractivity contribution is -0.126. The maximum Gasteiger partial charge on any atom is 0.224 e. The van der Waals surface area contributed by atoms with Gasteiger partial charge in [0, 0.05) is 17.5 Å². The highest BCUT2D eigenvalue weighted by Gasteiger charge is 2.60. The zero-order chi connectivity index (χ0) is 21.0. The normalized spacial score (nSPS) is 45.1. The van der Waals surface area contributed by atoms with Crippen LogP contribution in [0, 0.1) is 52.3 Å². The Labute approximate surface area is 179 Å². The van der Waals surface area contributed by atoms with Crippen molar-refractivity contribution in [2.24, 2.45) is 52.3 Å². The smallest absolute Gasteiger partial charge is 0.224 e. The molecule has 0 radical (unpaired) electrons. The quantitative estimate of drug-likeness (QED) is 0.532. The van der Waals surface area contributed by atoms with Gasteiger partial charge in [0.1, 0.15) is 0 Å². The lowest BCUT2D eigenvalue weighted by Crippen LogP contribution is -2.55. The van der Waals surface area contributed by atoms with Gasteiger partial charge in [-0.3, -0.25) is 4.79 Å². The molecule has 1 aliphatic heterocycles. The fourth-order valence-electron chi connectivity index (χ4n) is 8.55. The van der Waals surface area contributed by atoms with Gasteiger partial charge in [0.05, 0.1) is 0 Å². The Balaban J connectivity index is 1.54. The molecule has 0 bridgehead atoms. The van der Waals surface area contributed by atoms with E-state index in [-0.39, 0.29) is 11.3 Å². The van der Waals surface area contributed by atoms with Crippen molar-refractivity contribution in [2.75, 3.05) is 0 Å². The molecule has 0 aromatic carbocycles. The average molecular weight is 400 g/mol. The number of hydrogen-bond acceptors (Lipinski definition) is 1. The summed E-state index contributed by atoms with van der Waals surface area (Å²) in [6.07, 6.45) is 14.1. The van der Waals surface area contributed by atoms with Crippen molar-refractivity contribution in [1.29, 1.82) is 0 Å². The number of nitrogens with one attached hydrogen (secondary N) is 1. The number of carbonyl (C=O) groups is 1. The third-order valence-electron chi connectivity index (χ3n) is 10.1. The third kappa shape index (κ3) is 3.51. The van der Waals surface area contributed by atoms with Gasteiger partial charge >= 0.3 is 0 Å². The van der Waals surface area contributed by atoms with E-state index in [0.29, 0.717) is 17.8 Å². The summed E-state index contributed by atoms with van der Waals surface area (Å²) in [5.41, 5.74) is 2.00. The van der Waals surface area contributed by atoms with Gasteiger partial charge in [-0.1, -0.05) is 66.9 Å². The van der Waals surface area contributed by atoms with Crippen molar-refractivity contribution in [2.45, 2.75) is 99.3 Å². The number of rotatable bonds is 5. The molecule has 0 aromatic heterocycles. The van der Waals surface area contributed by atoms with E-state index in [1.807, 2.05) is 0 Å². The molecule has 8 atom stereocenters. The van der Waals surface area contributed by atoms with Gasteiger partial charge in [0.15, 0.2) is 0 Å². The van der Waals surface area contributed by atoms with Crippen molar-refractivity contribution >= 4 is 5.91 Å². The molecule has 3 fully saturated rings. The summed E-state index contributed by atoms with van der Waals surface area (Å²) in [4.78, 5) is 12.1. The van der Waals surface area contributed by atoms with E-state index < -0.39 is 0 Å². The van der Waals surface area contributed by atoms with E-state index in [4.69, 9.17) is 0 Å². The van der Waals surface area contributed by atoms with Crippen molar-refractivity contribution in [1.82, 2.24) is 5.32 Å². The first-order valence-corrected chi connectivity index (χ1v) is 12.7. The van der Waals surface area contributed by atoms with Crippen LogP contribution in [0.15, 0.2) is 11.8 Å². The molecule has 6 unspecified atom stereocenters. The fourth-order valence-corrected chi connectivity index (χ4v) is 8.55. The highest BCUT2D eigenvalue weighted by Crippen LogP contribution is 2.67. The monoisotopic (exact) mass is 399 g/mol. The van der Waals surface area contributed by atoms with Crippen LogP contribution in [-0.2, 0) is 4.79 Å². The summed E-state index contributed by atoms with van der Waals surface area (Å²) in [7, 11) is 0. The number of carbonyl (C=O) groups excluding carboxylic acids is 1. The second-order valence-electron chi connectivity index (χ2n) is 12.2. The molecule has 0 aromatic rings. The Bertz CT molecular complexity index is 665. The Morgan fingerprint density at radius 1 is 1.07 bits per heavy atom. The molecule has 2 saturated carbocycles. The molecule has 164 valence electrons. The number of amides is 1. The predicted octanol–water partition coefficient (Wildman–Crippen LogP) is 6.96. The van der Waals surface area contributed by atoms with Gasteiger partial charge in [-0.05, 0) is 78.9 Å². The van der Waals surface area contributed by atoms with Crippen LogP contribution in [0.1, 0.15) is 99.3 Å². The van der Waals surface area contributed by atoms with Crippen LogP contribution in [0.5, 0.6) is 0 Å². The summed E-state index contributed by atoms with van der Waals surface area (Å²) < 4.78 is 0. The van der Waals surface area contributed by atoms with Crippen LogP contribution in [0.3, 0.4) is 0 Å². The van der Waals surface area contributed by atoms with Crippen molar-refractivity contribution in [3.63, 3.8) is 0 Å². The van der Waals surface area contributed by atoms with Crippen LogP contribution >= 0.6 is 0 Å². The number of fused-ring (bicyclic) bond motifs is 5. The number of allylic oxidation sites excluding steroid dienone is 2. The average Bonchev–Trinajstić information content (AvgIpc) is 3.00. The highest BCUT2D eigenvalue weighted by molar-refractivity contribution is 5.79. The van der Waals surface area contributed by atoms with E-state index in [1.54, 1.807) is 0 Å². The Morgan fingerprint density at radius 2 is 1.83 bits per heavy atom. The maximum atomic E-state index is 12.1. The molecule has 4 rings (SSSR count). The molecule has 2 nitrogen and oxygen atoms in total. The molecule has 1 heterocycles. The zero-order valence-electron chi connectivity index (χ0n) is 19.9. The molecule has 2 heteroatoms.